The molecule has 0 fully saturated rings. The van der Waals surface area contributed by atoms with Gasteiger partial charge in [-0.25, -0.2) is 0 Å². The van der Waals surface area contributed by atoms with E-state index in [2.05, 4.69) is 53.8 Å². The maximum atomic E-state index is 9.87. The van der Waals surface area contributed by atoms with Gasteiger partial charge in [-0.05, 0) is 24.3 Å². The Balaban J connectivity index is 0.000000436. The predicted octanol–water partition coefficient (Wildman–Crippen LogP) is 2.60. The molecule has 0 atom stereocenters. The van der Waals surface area contributed by atoms with E-state index in [0.717, 1.165) is 0 Å². The summed E-state index contributed by atoms with van der Waals surface area (Å²) in [7, 11) is -10.7. The van der Waals surface area contributed by atoms with Gasteiger partial charge in [0.15, 0.2) is 0 Å². The van der Waals surface area contributed by atoms with Crippen molar-refractivity contribution in [3.05, 3.63) is 60.7 Å². The summed E-state index contributed by atoms with van der Waals surface area (Å²) in [6.45, 7) is 0. The number of benzene rings is 2. The van der Waals surface area contributed by atoms with Crippen LogP contribution in [0.25, 0.3) is 0 Å². The molecule has 0 saturated carbocycles. The average molecular weight is 442 g/mol. The normalized spacial score (nSPS) is 13.8. The van der Waals surface area contributed by atoms with E-state index in [4.69, 9.17) is 0 Å². The number of hydrogen-bond donors (Lipinski definition) is 1. The molecule has 1 nitrogen and oxygen atoms in total. The van der Waals surface area contributed by atoms with Crippen LogP contribution >= 0.6 is 7.81 Å². The number of hydrogen-bond acceptors (Lipinski definition) is 0. The van der Waals surface area contributed by atoms with Gasteiger partial charge in [0.1, 0.15) is 11.4 Å². The third kappa shape index (κ3) is 15.3. The van der Waals surface area contributed by atoms with Gasteiger partial charge >= 0.3 is 33.0 Å². The molecule has 0 spiro atoms. The number of quaternary nitrogens is 1. The van der Waals surface area contributed by atoms with E-state index in [-0.39, 0.29) is 24.0 Å². The minimum absolute atomic E-state index is 0. The van der Waals surface area contributed by atoms with Crippen LogP contribution in [0.2, 0.25) is 0 Å². The van der Waals surface area contributed by atoms with Crippen LogP contribution in [0.4, 0.5) is 36.6 Å². The molecule has 2 aromatic carbocycles. The molecule has 9 heteroatoms. The predicted molar refractivity (Wildman–Crippen MR) is 67.7 cm³/mol. The van der Waals surface area contributed by atoms with Gasteiger partial charge in [-0.2, -0.15) is 0 Å². The van der Waals surface area contributed by atoms with Crippen LogP contribution in [-0.4, -0.2) is 0 Å². The second kappa shape index (κ2) is 6.50. The van der Waals surface area contributed by atoms with Crippen LogP contribution in [0.5, 0.6) is 0 Å². The Morgan fingerprint density at radius 2 is 0.810 bits per heavy atom. The van der Waals surface area contributed by atoms with Gasteiger partial charge in [0, 0.05) is 0 Å². The number of nitrogens with two attached hydrogens (primary N) is 1. The summed E-state index contributed by atoms with van der Waals surface area (Å²) in [6, 6.07) is 20.7. The van der Waals surface area contributed by atoms with Crippen molar-refractivity contribution in [1.29, 1.82) is 0 Å². The maximum absolute atomic E-state index is 10.7. The summed E-state index contributed by atoms with van der Waals surface area (Å²) in [5.41, 5.74) is 2.49. The first-order valence-corrected chi connectivity index (χ1v) is 7.44. The fraction of sp³-hybridized carbons (Fsp3) is 0. The fourth-order valence-electron chi connectivity index (χ4n) is 1.29. The summed E-state index contributed by atoms with van der Waals surface area (Å²) in [5, 5.41) is 2.17. The van der Waals surface area contributed by atoms with Gasteiger partial charge in [-0.1, -0.05) is 36.4 Å². The topological polar surface area (TPSA) is 16.6 Å². The Kier molecular flexibility index (Phi) is 6.23. The van der Waals surface area contributed by atoms with Gasteiger partial charge in [-0.15, -0.1) is 0 Å². The zero-order chi connectivity index (χ0) is 15.3. The van der Waals surface area contributed by atoms with Gasteiger partial charge in [0.25, 0.3) is 0 Å². The third-order valence-electron chi connectivity index (χ3n) is 1.93. The first kappa shape index (κ1) is 20.1. The molecule has 0 aliphatic rings. The fourth-order valence-corrected chi connectivity index (χ4v) is 1.29. The van der Waals surface area contributed by atoms with Crippen LogP contribution in [0.15, 0.2) is 60.7 Å². The molecule has 120 valence electrons. The molecule has 21 heavy (non-hydrogen) atoms. The first-order chi connectivity index (χ1) is 8.90. The van der Waals surface area contributed by atoms with Gasteiger partial charge in [0.2, 0.25) is 0 Å². The Morgan fingerprint density at radius 1 is 0.571 bits per heavy atom. The summed E-state index contributed by atoms with van der Waals surface area (Å²) < 4.78 is 59.2. The van der Waals surface area contributed by atoms with Crippen LogP contribution in [0.3, 0.4) is 0 Å². The number of halogens is 7. The molecule has 0 heterocycles. The van der Waals surface area contributed by atoms with E-state index in [0.29, 0.717) is 0 Å². The molecule has 0 aliphatic heterocycles. The van der Waals surface area contributed by atoms with E-state index in [9.17, 15) is 25.2 Å². The molecule has 2 aromatic rings. The third-order valence-corrected chi connectivity index (χ3v) is 1.93. The summed E-state index contributed by atoms with van der Waals surface area (Å²) in [6.07, 6.45) is 0. The smallest absolute Gasteiger partial charge is 0.134 e. The Hall–Kier alpha value is -0.860. The van der Waals surface area contributed by atoms with E-state index in [1.165, 1.54) is 11.4 Å². The zero-order valence-corrected chi connectivity index (χ0v) is 13.5. The first-order valence-electron chi connectivity index (χ1n) is 5.41. The maximum Gasteiger partial charge on any atom is 0.134 e. The van der Waals surface area contributed by atoms with Crippen molar-refractivity contribution in [3.63, 3.8) is 0 Å². The second-order valence-electron chi connectivity index (χ2n) is 3.92. The summed E-state index contributed by atoms with van der Waals surface area (Å²) >= 11 is 0. The summed E-state index contributed by atoms with van der Waals surface area (Å²) in [4.78, 5) is 0. The Morgan fingerprint density at radius 3 is 1.05 bits per heavy atom. The molecule has 2 rings (SSSR count). The van der Waals surface area contributed by atoms with Crippen molar-refractivity contribution in [1.82, 2.24) is 0 Å². The van der Waals surface area contributed by atoms with Gasteiger partial charge in [-0.3, -0.25) is 5.32 Å². The molecule has 2 N–H and O–H groups in total. The van der Waals surface area contributed by atoms with Crippen LogP contribution in [-0.2, 0) is 0 Å². The van der Waals surface area contributed by atoms with E-state index in [1.807, 2.05) is 12.1 Å². The van der Waals surface area contributed by atoms with E-state index >= 15 is 0 Å². The quantitative estimate of drug-likeness (QED) is 0.319. The second-order valence-corrected chi connectivity index (χ2v) is 5.84. The van der Waals surface area contributed by atoms with E-state index in [1.54, 1.807) is 0 Å². The van der Waals surface area contributed by atoms with Crippen LogP contribution in [0.1, 0.15) is 0 Å². The number of para-hydroxylation sites is 2. The SMILES string of the molecule is F[P-](F)(F)(F)(F)F.[I-].c1ccc([NH2+]c2ccccc2)cc1. The molecular weight excluding hydrogens is 430 g/mol. The van der Waals surface area contributed by atoms with Gasteiger partial charge in [0.05, 0.1) is 0 Å². The summed E-state index contributed by atoms with van der Waals surface area (Å²) in [5.74, 6) is 0. The Bertz CT molecular complexity index is 495. The molecule has 0 unspecified atom stereocenters. The molecule has 0 amide bonds. The monoisotopic (exact) mass is 442 g/mol. The Labute approximate surface area is 134 Å². The minimum Gasteiger partial charge on any atom is -1.00 e. The van der Waals surface area contributed by atoms with Crippen molar-refractivity contribution < 1.29 is 54.5 Å². The molecule has 0 saturated heterocycles. The van der Waals surface area contributed by atoms with Crippen LogP contribution in [0, 0.1) is 0 Å². The van der Waals surface area contributed by atoms with Gasteiger partial charge < -0.3 is 24.0 Å². The van der Waals surface area contributed by atoms with E-state index < -0.39 is 7.81 Å². The molecule has 0 aromatic heterocycles. The molecule has 0 radical (unpaired) electrons. The molecule has 0 bridgehead atoms. The minimum atomic E-state index is -10.7. The number of rotatable bonds is 2. The average Bonchev–Trinajstić information content (AvgIpc) is 2.27. The molecule has 0 aliphatic carbocycles. The molecular formula is C12H12F6INP-. The largest absolute Gasteiger partial charge is 1.00 e. The van der Waals surface area contributed by atoms with Crippen molar-refractivity contribution in [2.75, 3.05) is 0 Å². The standard InChI is InChI=1S/C12H11N.F6P.HI/c1-3-7-11(8-4-1)13-12-9-5-2-6-10-12;1-7(2,3,4,5)6;/h1-10,13H;;1H/q;-1;. The van der Waals surface area contributed by atoms with Crippen molar-refractivity contribution >= 4 is 19.2 Å². The zero-order valence-electron chi connectivity index (χ0n) is 10.4. The van der Waals surface area contributed by atoms with Crippen molar-refractivity contribution in [3.8, 4) is 0 Å². The van der Waals surface area contributed by atoms with Crippen LogP contribution < -0.4 is 29.3 Å². The van der Waals surface area contributed by atoms with Crippen molar-refractivity contribution in [2.24, 2.45) is 0 Å². The van der Waals surface area contributed by atoms with Crippen molar-refractivity contribution in [2.45, 2.75) is 0 Å².